The molecule has 0 aliphatic carbocycles. The number of quaternary nitrogens is 1. The largest absolute Gasteiger partial charge is 0.364 e. The molecule has 0 atom stereocenters. The molecule has 0 aliphatic rings. The standard InChI is InChI=1S/C7H14N3S/c1-8-7-9-6(5-11-7)10(2,3)4/h5H,1-4H3,(H,8,9)/q+1. The second kappa shape index (κ2) is 2.79. The lowest BCUT2D eigenvalue weighted by atomic mass is 10.6. The Morgan fingerprint density at radius 1 is 1.45 bits per heavy atom. The molecule has 0 spiro atoms. The first kappa shape index (κ1) is 8.49. The van der Waals surface area contributed by atoms with Crippen molar-refractivity contribution >= 4 is 22.3 Å². The average molecular weight is 172 g/mol. The van der Waals surface area contributed by atoms with E-state index < -0.39 is 0 Å². The molecular weight excluding hydrogens is 158 g/mol. The Balaban J connectivity index is 2.89. The lowest BCUT2D eigenvalue weighted by Gasteiger charge is -2.19. The maximum absolute atomic E-state index is 4.38. The number of nitrogens with one attached hydrogen (secondary N) is 1. The molecule has 0 bridgehead atoms. The molecule has 1 aromatic rings. The molecule has 1 heterocycles. The molecule has 0 saturated heterocycles. The van der Waals surface area contributed by atoms with Crippen molar-refractivity contribution in [2.24, 2.45) is 0 Å². The highest BCUT2D eigenvalue weighted by Crippen LogP contribution is 2.23. The molecule has 1 aromatic heterocycles. The zero-order valence-corrected chi connectivity index (χ0v) is 8.20. The summed E-state index contributed by atoms with van der Waals surface area (Å²) in [7, 11) is 8.20. The molecule has 3 nitrogen and oxygen atoms in total. The fourth-order valence-electron chi connectivity index (χ4n) is 0.688. The van der Waals surface area contributed by atoms with E-state index >= 15 is 0 Å². The monoisotopic (exact) mass is 172 g/mol. The predicted molar refractivity (Wildman–Crippen MR) is 51.2 cm³/mol. The van der Waals surface area contributed by atoms with Crippen molar-refractivity contribution < 1.29 is 0 Å². The van der Waals surface area contributed by atoms with Crippen LogP contribution in [0, 0.1) is 0 Å². The van der Waals surface area contributed by atoms with E-state index in [4.69, 9.17) is 0 Å². The number of thiazole rings is 1. The summed E-state index contributed by atoms with van der Waals surface area (Å²) in [5.41, 5.74) is 0. The minimum absolute atomic E-state index is 0.776. The van der Waals surface area contributed by atoms with E-state index in [9.17, 15) is 0 Å². The number of hydrogen-bond acceptors (Lipinski definition) is 3. The highest BCUT2D eigenvalue weighted by molar-refractivity contribution is 7.14. The van der Waals surface area contributed by atoms with Crippen molar-refractivity contribution in [1.82, 2.24) is 9.47 Å². The Kier molecular flexibility index (Phi) is 2.15. The molecule has 1 N–H and O–H groups in total. The van der Waals surface area contributed by atoms with Gasteiger partial charge in [-0.1, -0.05) is 11.3 Å². The van der Waals surface area contributed by atoms with Crippen molar-refractivity contribution in [2.45, 2.75) is 0 Å². The highest BCUT2D eigenvalue weighted by Gasteiger charge is 2.15. The lowest BCUT2D eigenvalue weighted by molar-refractivity contribution is 0.476. The first-order chi connectivity index (χ1) is 5.04. The van der Waals surface area contributed by atoms with Gasteiger partial charge in [0.15, 0.2) is 5.13 Å². The summed E-state index contributed by atoms with van der Waals surface area (Å²) in [4.78, 5) is 4.38. The predicted octanol–water partition coefficient (Wildman–Crippen LogP) is 1.38. The van der Waals surface area contributed by atoms with E-state index in [1.165, 1.54) is 0 Å². The molecule has 1 rings (SSSR count). The van der Waals surface area contributed by atoms with Crippen LogP contribution in [0.3, 0.4) is 0 Å². The van der Waals surface area contributed by atoms with Gasteiger partial charge in [0.2, 0.25) is 5.82 Å². The zero-order valence-electron chi connectivity index (χ0n) is 7.38. The molecule has 0 unspecified atom stereocenters. The molecule has 0 aromatic carbocycles. The fourth-order valence-corrected chi connectivity index (χ4v) is 1.54. The van der Waals surface area contributed by atoms with Gasteiger partial charge in [-0.05, 0) is 0 Å². The topological polar surface area (TPSA) is 24.9 Å². The molecule has 0 aliphatic heterocycles. The Morgan fingerprint density at radius 3 is 2.36 bits per heavy atom. The van der Waals surface area contributed by atoms with Gasteiger partial charge in [0, 0.05) is 7.05 Å². The Labute approximate surface area is 71.3 Å². The van der Waals surface area contributed by atoms with E-state index in [1.807, 2.05) is 7.05 Å². The van der Waals surface area contributed by atoms with E-state index in [0.29, 0.717) is 0 Å². The van der Waals surface area contributed by atoms with Crippen molar-refractivity contribution in [3.63, 3.8) is 0 Å². The Hall–Kier alpha value is -0.610. The maximum atomic E-state index is 4.38. The van der Waals surface area contributed by atoms with Gasteiger partial charge in [-0.2, -0.15) is 4.98 Å². The summed E-state index contributed by atoms with van der Waals surface area (Å²) in [6.45, 7) is 0. The van der Waals surface area contributed by atoms with E-state index in [2.05, 4.69) is 36.8 Å². The second-order valence-electron chi connectivity index (χ2n) is 3.27. The highest BCUT2D eigenvalue weighted by atomic mass is 32.1. The van der Waals surface area contributed by atoms with Crippen LogP contribution in [0.1, 0.15) is 0 Å². The number of rotatable bonds is 2. The molecular formula is C7H14N3S+. The minimum Gasteiger partial charge on any atom is -0.364 e. The van der Waals surface area contributed by atoms with E-state index in [-0.39, 0.29) is 0 Å². The van der Waals surface area contributed by atoms with Crippen LogP contribution < -0.4 is 9.80 Å². The molecule has 11 heavy (non-hydrogen) atoms. The zero-order chi connectivity index (χ0) is 8.48. The number of anilines is 1. The molecule has 0 fully saturated rings. The molecule has 0 amide bonds. The number of nitrogens with zero attached hydrogens (tertiary/aromatic N) is 2. The Morgan fingerprint density at radius 2 is 2.09 bits per heavy atom. The van der Waals surface area contributed by atoms with Crippen LogP contribution in [-0.2, 0) is 0 Å². The van der Waals surface area contributed by atoms with Crippen LogP contribution >= 0.6 is 11.3 Å². The van der Waals surface area contributed by atoms with Crippen molar-refractivity contribution in [2.75, 3.05) is 33.5 Å². The summed E-state index contributed by atoms with van der Waals surface area (Å²) in [5.74, 6) is 1.10. The fraction of sp³-hybridized carbons (Fsp3) is 0.571. The lowest BCUT2D eigenvalue weighted by Crippen LogP contribution is -2.35. The van der Waals surface area contributed by atoms with Gasteiger partial charge in [-0.3, -0.25) is 4.48 Å². The van der Waals surface area contributed by atoms with Gasteiger partial charge >= 0.3 is 0 Å². The van der Waals surface area contributed by atoms with Crippen molar-refractivity contribution in [3.8, 4) is 0 Å². The third kappa shape index (κ3) is 1.91. The van der Waals surface area contributed by atoms with Crippen molar-refractivity contribution in [3.05, 3.63) is 5.38 Å². The number of aromatic nitrogens is 1. The first-order valence-corrected chi connectivity index (χ1v) is 4.37. The van der Waals surface area contributed by atoms with Crippen LogP contribution in [0.5, 0.6) is 0 Å². The van der Waals surface area contributed by atoms with Gasteiger partial charge in [0.25, 0.3) is 0 Å². The normalized spacial score (nSPS) is 11.6. The second-order valence-corrected chi connectivity index (χ2v) is 4.13. The minimum atomic E-state index is 0.776. The molecule has 0 saturated carbocycles. The smallest absolute Gasteiger partial charge is 0.239 e. The van der Waals surface area contributed by atoms with Gasteiger partial charge in [-0.25, -0.2) is 0 Å². The summed E-state index contributed by atoms with van der Waals surface area (Å²) in [6, 6.07) is 0. The van der Waals surface area contributed by atoms with E-state index in [1.54, 1.807) is 11.3 Å². The van der Waals surface area contributed by atoms with Gasteiger partial charge in [0.1, 0.15) is 0 Å². The quantitative estimate of drug-likeness (QED) is 0.682. The van der Waals surface area contributed by atoms with Gasteiger partial charge in [-0.15, -0.1) is 0 Å². The molecule has 62 valence electrons. The third-order valence-electron chi connectivity index (χ3n) is 1.39. The average Bonchev–Trinajstić information content (AvgIpc) is 2.32. The molecule has 4 heteroatoms. The molecule has 0 radical (unpaired) electrons. The first-order valence-electron chi connectivity index (χ1n) is 3.49. The summed E-state index contributed by atoms with van der Waals surface area (Å²) in [5, 5.41) is 6.07. The summed E-state index contributed by atoms with van der Waals surface area (Å²) >= 11 is 1.64. The third-order valence-corrected chi connectivity index (χ3v) is 2.24. The van der Waals surface area contributed by atoms with Crippen LogP contribution in [0.4, 0.5) is 10.9 Å². The summed E-state index contributed by atoms with van der Waals surface area (Å²) < 4.78 is 0.776. The van der Waals surface area contributed by atoms with Crippen molar-refractivity contribution in [1.29, 1.82) is 0 Å². The van der Waals surface area contributed by atoms with Crippen LogP contribution in [0.15, 0.2) is 5.38 Å². The van der Waals surface area contributed by atoms with E-state index in [0.717, 1.165) is 15.4 Å². The SMILES string of the molecule is CNc1nc([N+](C)(C)C)cs1. The van der Waals surface area contributed by atoms with Gasteiger partial charge < -0.3 is 5.32 Å². The van der Waals surface area contributed by atoms with Crippen LogP contribution in [0.25, 0.3) is 0 Å². The van der Waals surface area contributed by atoms with Crippen LogP contribution in [0.2, 0.25) is 0 Å². The Bertz CT molecular complexity index is 236. The van der Waals surface area contributed by atoms with Crippen LogP contribution in [-0.4, -0.2) is 33.2 Å². The van der Waals surface area contributed by atoms with Gasteiger partial charge in [0.05, 0.1) is 26.5 Å². The summed E-state index contributed by atoms with van der Waals surface area (Å²) in [6.07, 6.45) is 0. The maximum Gasteiger partial charge on any atom is 0.239 e. The number of hydrogen-bond donors (Lipinski definition) is 1.